The van der Waals surface area contributed by atoms with Crippen molar-refractivity contribution in [2.45, 2.75) is 18.2 Å². The Morgan fingerprint density at radius 1 is 1.43 bits per heavy atom. The Morgan fingerprint density at radius 3 is 2.81 bits per heavy atom. The van der Waals surface area contributed by atoms with Crippen molar-refractivity contribution in [2.24, 2.45) is 0 Å². The van der Waals surface area contributed by atoms with Crippen molar-refractivity contribution in [2.75, 3.05) is 10.0 Å². The molecule has 0 spiro atoms. The molecule has 9 heteroatoms. The van der Waals surface area contributed by atoms with E-state index in [9.17, 15) is 13.2 Å². The van der Waals surface area contributed by atoms with Crippen LogP contribution in [0.15, 0.2) is 35.5 Å². The molecule has 1 amide bonds. The zero-order valence-corrected chi connectivity index (χ0v) is 12.6. The number of carbonyl (C=O) groups excluding carboxylic acids is 1. The number of aromatic nitrogens is 2. The molecule has 0 aliphatic rings. The van der Waals surface area contributed by atoms with Crippen LogP contribution < -0.4 is 10.0 Å². The molecule has 0 saturated carbocycles. The standard InChI is InChI=1S/C12H13ClN4O3S/c1-2-12(18)16-8-3-4-10(13)11(5-8)17-21(19,20)9-6-14-15-7-9/h3-7,17H,2H2,1H3,(H,14,15)(H,16,18). The maximum atomic E-state index is 12.1. The highest BCUT2D eigenvalue weighted by atomic mass is 35.5. The number of amides is 1. The highest BCUT2D eigenvalue weighted by molar-refractivity contribution is 7.92. The fourth-order valence-corrected chi connectivity index (χ4v) is 2.72. The van der Waals surface area contributed by atoms with E-state index in [1.165, 1.54) is 24.5 Å². The molecule has 0 bridgehead atoms. The van der Waals surface area contributed by atoms with Gasteiger partial charge in [0.05, 0.1) is 16.9 Å². The first-order chi connectivity index (χ1) is 9.92. The molecule has 3 N–H and O–H groups in total. The largest absolute Gasteiger partial charge is 0.326 e. The van der Waals surface area contributed by atoms with Crippen molar-refractivity contribution in [3.63, 3.8) is 0 Å². The van der Waals surface area contributed by atoms with E-state index in [1.807, 2.05) is 0 Å². The number of carbonyl (C=O) groups is 1. The van der Waals surface area contributed by atoms with Gasteiger partial charge in [-0.15, -0.1) is 0 Å². The van der Waals surface area contributed by atoms with Gasteiger partial charge < -0.3 is 5.32 Å². The van der Waals surface area contributed by atoms with Crippen molar-refractivity contribution in [1.82, 2.24) is 10.2 Å². The Balaban J connectivity index is 2.27. The summed E-state index contributed by atoms with van der Waals surface area (Å²) in [5, 5.41) is 8.86. The minimum absolute atomic E-state index is 0.0124. The van der Waals surface area contributed by atoms with Gasteiger partial charge in [-0.05, 0) is 18.2 Å². The Hall–Kier alpha value is -2.06. The van der Waals surface area contributed by atoms with Crippen LogP contribution in [0, 0.1) is 0 Å². The van der Waals surface area contributed by atoms with E-state index >= 15 is 0 Å². The summed E-state index contributed by atoms with van der Waals surface area (Å²) in [5.74, 6) is -0.180. The van der Waals surface area contributed by atoms with E-state index in [4.69, 9.17) is 11.6 Å². The molecule has 0 aliphatic heterocycles. The van der Waals surface area contributed by atoms with E-state index in [-0.39, 0.29) is 21.5 Å². The predicted octanol–water partition coefficient (Wildman–Crippen LogP) is 2.21. The first kappa shape index (κ1) is 15.3. The molecule has 2 rings (SSSR count). The van der Waals surface area contributed by atoms with Gasteiger partial charge >= 0.3 is 0 Å². The highest BCUT2D eigenvalue weighted by Gasteiger charge is 2.17. The number of H-pyrrole nitrogens is 1. The lowest BCUT2D eigenvalue weighted by molar-refractivity contribution is -0.115. The van der Waals surface area contributed by atoms with Crippen LogP contribution in [0.1, 0.15) is 13.3 Å². The van der Waals surface area contributed by atoms with Gasteiger partial charge in [0.1, 0.15) is 4.90 Å². The SMILES string of the molecule is CCC(=O)Nc1ccc(Cl)c(NS(=O)(=O)c2cn[nH]c2)c1. The lowest BCUT2D eigenvalue weighted by atomic mass is 10.2. The van der Waals surface area contributed by atoms with E-state index in [0.717, 1.165) is 0 Å². The number of hydrogen-bond donors (Lipinski definition) is 3. The molecule has 1 aromatic carbocycles. The minimum atomic E-state index is -3.78. The number of anilines is 2. The fourth-order valence-electron chi connectivity index (χ4n) is 1.52. The van der Waals surface area contributed by atoms with Gasteiger partial charge in [-0.2, -0.15) is 5.10 Å². The van der Waals surface area contributed by atoms with Gasteiger partial charge in [-0.25, -0.2) is 8.42 Å². The van der Waals surface area contributed by atoms with Crippen molar-refractivity contribution < 1.29 is 13.2 Å². The summed E-state index contributed by atoms with van der Waals surface area (Å²) in [6, 6.07) is 4.54. The summed E-state index contributed by atoms with van der Waals surface area (Å²) in [6.45, 7) is 1.72. The molecule has 0 fully saturated rings. The number of sulfonamides is 1. The average Bonchev–Trinajstić information content (AvgIpc) is 2.97. The van der Waals surface area contributed by atoms with Crippen LogP contribution in [0.25, 0.3) is 0 Å². The van der Waals surface area contributed by atoms with Gasteiger partial charge in [0.2, 0.25) is 5.91 Å². The van der Waals surface area contributed by atoms with Crippen molar-refractivity contribution >= 4 is 38.9 Å². The van der Waals surface area contributed by atoms with Crippen LogP contribution in [0.5, 0.6) is 0 Å². The number of hydrogen-bond acceptors (Lipinski definition) is 4. The summed E-state index contributed by atoms with van der Waals surface area (Å²) in [4.78, 5) is 11.3. The maximum Gasteiger partial charge on any atom is 0.265 e. The third-order valence-corrected chi connectivity index (χ3v) is 4.26. The van der Waals surface area contributed by atoms with Gasteiger partial charge in [-0.1, -0.05) is 18.5 Å². The summed E-state index contributed by atoms with van der Waals surface area (Å²) >= 11 is 5.97. The smallest absolute Gasteiger partial charge is 0.265 e. The van der Waals surface area contributed by atoms with Gasteiger partial charge in [0.15, 0.2) is 0 Å². The highest BCUT2D eigenvalue weighted by Crippen LogP contribution is 2.27. The topological polar surface area (TPSA) is 104 Å². The third-order valence-electron chi connectivity index (χ3n) is 2.60. The Bertz CT molecular complexity index is 744. The fraction of sp³-hybridized carbons (Fsp3) is 0.167. The van der Waals surface area contributed by atoms with Crippen molar-refractivity contribution in [3.05, 3.63) is 35.6 Å². The molecule has 1 aromatic heterocycles. The second-order valence-electron chi connectivity index (χ2n) is 4.14. The predicted molar refractivity (Wildman–Crippen MR) is 79.8 cm³/mol. The molecule has 112 valence electrons. The minimum Gasteiger partial charge on any atom is -0.326 e. The average molecular weight is 329 g/mol. The van der Waals surface area contributed by atoms with Crippen molar-refractivity contribution in [1.29, 1.82) is 0 Å². The van der Waals surface area contributed by atoms with E-state index in [2.05, 4.69) is 20.2 Å². The molecule has 0 unspecified atom stereocenters. The molecule has 1 heterocycles. The lowest BCUT2D eigenvalue weighted by Crippen LogP contribution is -2.14. The summed E-state index contributed by atoms with van der Waals surface area (Å²) in [6.07, 6.45) is 2.75. The molecule has 7 nitrogen and oxygen atoms in total. The quantitative estimate of drug-likeness (QED) is 0.782. The van der Waals surface area contributed by atoms with Gasteiger partial charge in [0.25, 0.3) is 10.0 Å². The monoisotopic (exact) mass is 328 g/mol. The normalized spacial score (nSPS) is 11.1. The number of nitrogens with zero attached hydrogens (tertiary/aromatic N) is 1. The third kappa shape index (κ3) is 3.73. The van der Waals surface area contributed by atoms with Crippen LogP contribution in [-0.4, -0.2) is 24.5 Å². The Kier molecular flexibility index (Phi) is 4.49. The first-order valence-corrected chi connectivity index (χ1v) is 7.89. The number of nitrogens with one attached hydrogen (secondary N) is 3. The lowest BCUT2D eigenvalue weighted by Gasteiger charge is -2.10. The molecule has 0 atom stereocenters. The zero-order valence-electron chi connectivity index (χ0n) is 11.1. The van der Waals surface area contributed by atoms with Crippen LogP contribution >= 0.6 is 11.6 Å². The van der Waals surface area contributed by atoms with E-state index < -0.39 is 10.0 Å². The maximum absolute atomic E-state index is 12.1. The van der Waals surface area contributed by atoms with E-state index in [0.29, 0.717) is 12.1 Å². The first-order valence-electron chi connectivity index (χ1n) is 6.03. The zero-order chi connectivity index (χ0) is 15.5. The van der Waals surface area contributed by atoms with Crippen LogP contribution in [0.3, 0.4) is 0 Å². The van der Waals surface area contributed by atoms with Crippen molar-refractivity contribution in [3.8, 4) is 0 Å². The summed E-state index contributed by atoms with van der Waals surface area (Å²) in [5.41, 5.74) is 0.628. The molecule has 21 heavy (non-hydrogen) atoms. The summed E-state index contributed by atoms with van der Waals surface area (Å²) < 4.78 is 26.5. The van der Waals surface area contributed by atoms with Crippen LogP contribution in [0.4, 0.5) is 11.4 Å². The van der Waals surface area contributed by atoms with Gasteiger partial charge in [-0.3, -0.25) is 14.6 Å². The Labute approximate surface area is 126 Å². The number of rotatable bonds is 5. The van der Waals surface area contributed by atoms with E-state index in [1.54, 1.807) is 13.0 Å². The molecule has 0 aliphatic carbocycles. The molecule has 0 saturated heterocycles. The summed E-state index contributed by atoms with van der Waals surface area (Å²) in [7, 11) is -3.78. The molecular weight excluding hydrogens is 316 g/mol. The molecular formula is C12H13ClN4O3S. The number of aromatic amines is 1. The molecule has 2 aromatic rings. The number of benzene rings is 1. The van der Waals surface area contributed by atoms with Crippen LogP contribution in [0.2, 0.25) is 5.02 Å². The number of halogens is 1. The second kappa shape index (κ2) is 6.15. The molecule has 0 radical (unpaired) electrons. The van der Waals surface area contributed by atoms with Gasteiger partial charge in [0, 0.05) is 18.3 Å². The second-order valence-corrected chi connectivity index (χ2v) is 6.23. The Morgan fingerprint density at radius 2 is 2.19 bits per heavy atom. The van der Waals surface area contributed by atoms with Crippen LogP contribution in [-0.2, 0) is 14.8 Å².